The molecule has 86 heavy (non-hydrogen) atoms. The molecule has 0 bridgehead atoms. The zero-order valence-corrected chi connectivity index (χ0v) is 57.2. The van der Waals surface area contributed by atoms with Crippen LogP contribution in [0.4, 0.5) is 17.6 Å². The van der Waals surface area contributed by atoms with Crippen LogP contribution in [0.3, 0.4) is 0 Å². The van der Waals surface area contributed by atoms with Gasteiger partial charge < -0.3 is 63.0 Å². The molecular formula is C61H113ClF4N4O14P2. The monoisotopic (exact) mass is 1310 g/mol. The van der Waals surface area contributed by atoms with Gasteiger partial charge in [0.05, 0.1) is 77.0 Å². The molecule has 506 valence electrons. The number of nitrogens with zero attached hydrogens (tertiary/aromatic N) is 4. The number of ether oxygens (including phenoxy) is 6. The van der Waals surface area contributed by atoms with Crippen molar-refractivity contribution in [1.29, 1.82) is 13.4 Å². The number of alkyl halides is 5. The molecule has 0 aromatic heterocycles. The van der Waals surface area contributed by atoms with Crippen molar-refractivity contribution in [3.8, 4) is 12.1 Å². The summed E-state index contributed by atoms with van der Waals surface area (Å²) in [6.45, 7) is 32.6. The number of halogens is 5. The second kappa shape index (κ2) is 41.7. The summed E-state index contributed by atoms with van der Waals surface area (Å²) in [7, 11) is -1.43. The summed E-state index contributed by atoms with van der Waals surface area (Å²) < 4.78 is 157. The highest BCUT2D eigenvalue weighted by atomic mass is 35.5. The molecule has 5 heterocycles. The number of hydrogen-bond acceptors (Lipinski definition) is 16. The highest BCUT2D eigenvalue weighted by molar-refractivity contribution is 7.59. The first-order valence-electron chi connectivity index (χ1n) is 32.6. The Bertz CT molecular complexity index is 2160. The van der Waals surface area contributed by atoms with E-state index in [1.54, 1.807) is 34.4 Å². The lowest BCUT2D eigenvalue weighted by atomic mass is 9.82. The van der Waals surface area contributed by atoms with Gasteiger partial charge in [-0.2, -0.15) is 10.5 Å². The van der Waals surface area contributed by atoms with Gasteiger partial charge in [-0.25, -0.2) is 26.9 Å². The van der Waals surface area contributed by atoms with Gasteiger partial charge in [0.25, 0.3) is 0 Å². The zero-order valence-electron chi connectivity index (χ0n) is 60.7. The number of nitriles is 2. The SMILES string of the molecule is CC(C)N(C(C)C)P(=O)(CCC#N)N(C(C)C)C(C)C.C[C@@H]1CO[C@@H]2CO[C@@H](c3ccccc3)OC2[C@@]1(C)F.C[C@@H]1CO[C@H](CO)C(O)[C@@]1(C)F.[2H]C([3H])Cl.[2H]C[C@H]1OC[C@@H](C)[C@](C)(F)C1O.[2H]C[C@H]1OC[C@@H](C)[C@](C)(F)C1OP(C)OCCC#N.[3H]OC.[3H]OC. The Kier molecular flexibility index (Phi) is 36.4. The topological polar surface area (TPSA) is 246 Å². The molecule has 6 rings (SSSR count). The number of hydrogen-bond donors (Lipinski definition) is 5. The second-order valence-corrected chi connectivity index (χ2v) is 27.6. The van der Waals surface area contributed by atoms with E-state index >= 15 is 0 Å². The Hall–Kier alpha value is -1.73. The zero-order chi connectivity index (χ0) is 71.7. The third kappa shape index (κ3) is 25.1. The van der Waals surface area contributed by atoms with E-state index in [9.17, 15) is 32.3 Å². The number of aliphatic hydroxyl groups excluding tert-OH is 5. The van der Waals surface area contributed by atoms with Crippen molar-refractivity contribution < 1.29 is 90.6 Å². The molecule has 5 fully saturated rings. The highest BCUT2D eigenvalue weighted by Gasteiger charge is 2.53. The molecular weight excluding hydrogens is 1190 g/mol. The van der Waals surface area contributed by atoms with E-state index in [2.05, 4.69) is 92.6 Å². The Balaban J connectivity index is 0. The van der Waals surface area contributed by atoms with Gasteiger partial charge in [-0.15, -0.1) is 11.6 Å². The molecule has 1 aromatic rings. The van der Waals surface area contributed by atoms with Gasteiger partial charge in [0.2, 0.25) is 10.3 Å². The van der Waals surface area contributed by atoms with E-state index < -0.39 is 93.8 Å². The van der Waals surface area contributed by atoms with Crippen molar-refractivity contribution in [1.82, 2.24) is 9.34 Å². The number of benzene rings is 1. The Morgan fingerprint density at radius 2 is 1.17 bits per heavy atom. The molecule has 25 heteroatoms. The maximum atomic E-state index is 14.8. The van der Waals surface area contributed by atoms with Gasteiger partial charge in [0.1, 0.15) is 59.3 Å². The smallest absolute Gasteiger partial charge is 0.218 e. The third-order valence-corrected chi connectivity index (χ3v) is 20.9. The summed E-state index contributed by atoms with van der Waals surface area (Å²) in [5, 5.41) is 52.0. The minimum atomic E-state index is -2.74. The van der Waals surface area contributed by atoms with E-state index in [4.69, 9.17) is 61.4 Å². The summed E-state index contributed by atoms with van der Waals surface area (Å²) in [5.74, 6) is -1.11. The predicted molar refractivity (Wildman–Crippen MR) is 333 cm³/mol. The first kappa shape index (κ1) is 75.0. The van der Waals surface area contributed by atoms with Crippen LogP contribution in [0.25, 0.3) is 0 Å². The number of fused-ring (bicyclic) bond motifs is 1. The van der Waals surface area contributed by atoms with Crippen molar-refractivity contribution in [2.24, 2.45) is 23.7 Å². The van der Waals surface area contributed by atoms with Gasteiger partial charge in [-0.1, -0.05) is 58.0 Å². The standard InChI is InChI=1S/C15H19FO3.C15H32N3OP.C12H21FNO3P.C8H15FO3.C8H15FO2.CH3Cl.2CH4O/c1-10-8-17-12-9-18-14(11-6-4-3-5-7-11)19-13(12)15(10,2)16;1-12(2)17(13(3)4)20(19,11-9-10-16)18(14(5)6)15(7)8;1-9-8-15-10(2)11(12(9,3)13)17-18(4)16-7-5-6-14;1-5-4-12-6(3-10)7(11)8(5,2)9;1-5-4-11-6(2)7(10)8(5,3)9;3*1-2/h3-7,10,12-14H,8-9H2,1-2H3;12-15H,9,11H2,1-8H3;9-11H,5,7-8H2,1-4H3;5-7,10-11H,3-4H2,1-2H3;5-7,10H,4H2,1-3H3;1H3;2*2H,1H3/t10-,12-,13?,14-,15+;;9-,10-,11?,12+,18?;2*5-,6-,7?,8+;;;/m1.111.../s1/i;;2D;;2D;1TD;2*2T. The van der Waals surface area contributed by atoms with Crippen LogP contribution in [0, 0.1) is 46.3 Å². The summed E-state index contributed by atoms with van der Waals surface area (Å²) in [6.07, 6.45) is -6.75. The first-order valence-corrected chi connectivity index (χ1v) is 33.0. The highest BCUT2D eigenvalue weighted by Crippen LogP contribution is 2.58. The maximum Gasteiger partial charge on any atom is 0.218 e. The molecule has 19 atom stereocenters. The van der Waals surface area contributed by atoms with Crippen molar-refractivity contribution >= 4 is 27.4 Å². The van der Waals surface area contributed by atoms with Gasteiger partial charge in [0.15, 0.2) is 14.7 Å². The number of aliphatic hydroxyl groups is 5. The Morgan fingerprint density at radius 3 is 1.63 bits per heavy atom. The molecule has 0 radical (unpaired) electrons. The largest absolute Gasteiger partial charge is 0.400 e. The third-order valence-electron chi connectivity index (χ3n) is 15.8. The van der Waals surface area contributed by atoms with E-state index in [-0.39, 0.29) is 101 Å². The van der Waals surface area contributed by atoms with Crippen LogP contribution in [0.1, 0.15) is 155 Å². The lowest BCUT2D eigenvalue weighted by Gasteiger charge is -2.48. The minimum Gasteiger partial charge on any atom is -0.400 e. The average molecular weight is 1310 g/mol. The number of rotatable bonds is 15. The van der Waals surface area contributed by atoms with Gasteiger partial charge >= 0.3 is 0 Å². The summed E-state index contributed by atoms with van der Waals surface area (Å²) in [6, 6.07) is 14.5. The fourth-order valence-corrected chi connectivity index (χ4v) is 15.1. The van der Waals surface area contributed by atoms with Crippen LogP contribution in [0.5, 0.6) is 0 Å². The minimum absolute atomic E-state index is 0.0434. The molecule has 5 saturated heterocycles. The summed E-state index contributed by atoms with van der Waals surface area (Å²) in [5.41, 5.74) is -5.30. The van der Waals surface area contributed by atoms with E-state index in [1.165, 1.54) is 35.0 Å². The maximum absolute atomic E-state index is 14.8. The lowest BCUT2D eigenvalue weighted by Crippen LogP contribution is -2.60. The van der Waals surface area contributed by atoms with Crippen LogP contribution in [0.2, 0.25) is 0 Å². The van der Waals surface area contributed by atoms with Crippen LogP contribution in [-0.4, -0.2) is 213 Å². The molecule has 18 nitrogen and oxygen atoms in total. The van der Waals surface area contributed by atoms with Gasteiger partial charge in [-0.05, 0) is 96.9 Å². The fraction of sp³-hybridized carbons (Fsp3) is 0.869. The molecule has 5 N–H and O–H groups in total. The van der Waals surface area contributed by atoms with Crippen LogP contribution in [-0.2, 0) is 42.0 Å². The lowest BCUT2D eigenvalue weighted by molar-refractivity contribution is -0.317. The Labute approximate surface area is 529 Å². The Morgan fingerprint density at radius 1 is 0.744 bits per heavy atom. The average Bonchev–Trinajstić information content (AvgIpc) is 0.804. The van der Waals surface area contributed by atoms with Crippen LogP contribution in [0.15, 0.2) is 30.3 Å². The van der Waals surface area contributed by atoms with Gasteiger partial charge in [0, 0.05) is 98.7 Å². The molecule has 6 unspecified atom stereocenters. The van der Waals surface area contributed by atoms with Crippen molar-refractivity contribution in [3.05, 3.63) is 35.9 Å². The quantitative estimate of drug-likeness (QED) is 0.0474. The molecule has 0 aliphatic carbocycles. The van der Waals surface area contributed by atoms with Crippen molar-refractivity contribution in [2.45, 2.75) is 239 Å². The fourth-order valence-electron chi connectivity index (χ4n) is 10.1. The van der Waals surface area contributed by atoms with E-state index in [1.807, 2.05) is 43.3 Å². The molecule has 1 aromatic carbocycles. The van der Waals surface area contributed by atoms with E-state index in [0.717, 1.165) is 5.56 Å². The van der Waals surface area contributed by atoms with Gasteiger partial charge in [-0.3, -0.25) is 4.57 Å². The van der Waals surface area contributed by atoms with Crippen molar-refractivity contribution in [3.63, 3.8) is 0 Å². The van der Waals surface area contributed by atoms with Crippen LogP contribution >= 0.6 is 27.4 Å². The van der Waals surface area contributed by atoms with Crippen LogP contribution < -0.4 is 0 Å². The summed E-state index contributed by atoms with van der Waals surface area (Å²) >= 11 is 4.61. The molecule has 5 aliphatic rings. The predicted octanol–water partition coefficient (Wildman–Crippen LogP) is 11.5. The molecule has 5 aliphatic heterocycles. The second-order valence-electron chi connectivity index (χ2n) is 23.5. The normalized spacial score (nSPS) is 35.6. The van der Waals surface area contributed by atoms with Crippen molar-refractivity contribution in [2.75, 3.05) is 79.6 Å². The molecule has 0 amide bonds. The summed E-state index contributed by atoms with van der Waals surface area (Å²) in [4.78, 5) is 0. The molecule has 0 saturated carbocycles. The first-order chi connectivity index (χ1) is 42.7. The van der Waals surface area contributed by atoms with E-state index in [0.29, 0.717) is 32.4 Å². The molecule has 0 spiro atoms.